The van der Waals surface area contributed by atoms with E-state index in [1.807, 2.05) is 37.6 Å². The molecule has 2 rings (SSSR count). The van der Waals surface area contributed by atoms with E-state index in [-0.39, 0.29) is 0 Å². The van der Waals surface area contributed by atoms with E-state index >= 15 is 0 Å². The molecule has 0 N–H and O–H groups in total. The first-order chi connectivity index (χ1) is 11.7. The van der Waals surface area contributed by atoms with E-state index in [4.69, 9.17) is 0 Å². The van der Waals surface area contributed by atoms with Crippen molar-refractivity contribution in [1.82, 2.24) is 14.1 Å². The molecule has 1 aromatic heterocycles. The summed E-state index contributed by atoms with van der Waals surface area (Å²) in [5, 5.41) is 4.47. The van der Waals surface area contributed by atoms with Gasteiger partial charge >= 0.3 is 0 Å². The first-order valence-corrected chi connectivity index (χ1v) is 10.3. The number of benzene rings is 1. The molecule has 0 amide bonds. The zero-order chi connectivity index (χ0) is 18.8. The van der Waals surface area contributed by atoms with Crippen LogP contribution in [-0.2, 0) is 23.1 Å². The number of hydrogen-bond acceptors (Lipinski definition) is 3. The summed E-state index contributed by atoms with van der Waals surface area (Å²) in [6, 6.07) is 7.26. The quantitative estimate of drug-likeness (QED) is 0.751. The Morgan fingerprint density at radius 1 is 1.16 bits per heavy atom. The Bertz CT molecular complexity index is 823. The van der Waals surface area contributed by atoms with E-state index in [1.54, 1.807) is 19.2 Å². The lowest BCUT2D eigenvalue weighted by atomic mass is 9.99. The molecule has 0 saturated heterocycles. The van der Waals surface area contributed by atoms with Crippen LogP contribution >= 0.6 is 0 Å². The monoisotopic (exact) mass is 363 g/mol. The first kappa shape index (κ1) is 19.7. The Morgan fingerprint density at radius 2 is 1.76 bits per heavy atom. The number of hydrogen-bond donors (Lipinski definition) is 0. The predicted octanol–water partition coefficient (Wildman–Crippen LogP) is 3.85. The summed E-state index contributed by atoms with van der Waals surface area (Å²) in [5.41, 5.74) is 4.05. The van der Waals surface area contributed by atoms with E-state index in [0.29, 0.717) is 17.4 Å². The molecule has 5 nitrogen and oxygen atoms in total. The van der Waals surface area contributed by atoms with Crippen molar-refractivity contribution < 1.29 is 8.42 Å². The number of aryl methyl sites for hydroxylation is 2. The van der Waals surface area contributed by atoms with Crippen molar-refractivity contribution >= 4 is 10.0 Å². The summed E-state index contributed by atoms with van der Waals surface area (Å²) in [6.45, 7) is 11.3. The molecular weight excluding hydrogens is 334 g/mol. The van der Waals surface area contributed by atoms with Crippen LogP contribution < -0.4 is 0 Å². The van der Waals surface area contributed by atoms with Gasteiger partial charge < -0.3 is 0 Å². The van der Waals surface area contributed by atoms with Crippen LogP contribution in [0.3, 0.4) is 0 Å². The van der Waals surface area contributed by atoms with E-state index in [9.17, 15) is 8.42 Å². The minimum Gasteiger partial charge on any atom is -0.270 e. The van der Waals surface area contributed by atoms with Gasteiger partial charge in [0.2, 0.25) is 10.0 Å². The fourth-order valence-electron chi connectivity index (χ4n) is 2.96. The first-order valence-electron chi connectivity index (χ1n) is 8.81. The van der Waals surface area contributed by atoms with Crippen molar-refractivity contribution in [3.63, 3.8) is 0 Å². The predicted molar refractivity (Wildman–Crippen MR) is 101 cm³/mol. The van der Waals surface area contributed by atoms with E-state index in [1.165, 1.54) is 9.87 Å². The average molecular weight is 364 g/mol. The number of rotatable bonds is 7. The third kappa shape index (κ3) is 3.96. The van der Waals surface area contributed by atoms with Crippen molar-refractivity contribution in [3.05, 3.63) is 46.8 Å². The molecule has 25 heavy (non-hydrogen) atoms. The lowest BCUT2D eigenvalue weighted by molar-refractivity contribution is 0.464. The third-order valence-electron chi connectivity index (χ3n) is 4.98. The largest absolute Gasteiger partial charge is 0.270 e. The van der Waals surface area contributed by atoms with Crippen LogP contribution in [0.2, 0.25) is 0 Å². The summed E-state index contributed by atoms with van der Waals surface area (Å²) in [5.74, 6) is 0.430. The second-order valence-electron chi connectivity index (χ2n) is 6.60. The highest BCUT2D eigenvalue weighted by Crippen LogP contribution is 2.24. The van der Waals surface area contributed by atoms with Crippen LogP contribution in [0.4, 0.5) is 0 Å². The highest BCUT2D eigenvalue weighted by atomic mass is 32.2. The van der Waals surface area contributed by atoms with Gasteiger partial charge in [0.15, 0.2) is 0 Å². The Kier molecular flexibility index (Phi) is 6.06. The fraction of sp³-hybridized carbons (Fsp3) is 0.526. The van der Waals surface area contributed by atoms with Gasteiger partial charge in [0.25, 0.3) is 0 Å². The van der Waals surface area contributed by atoms with Gasteiger partial charge in [0, 0.05) is 31.4 Å². The molecule has 1 atom stereocenters. The minimum atomic E-state index is -3.52. The van der Waals surface area contributed by atoms with Crippen LogP contribution in [0.25, 0.3) is 0 Å². The van der Waals surface area contributed by atoms with Gasteiger partial charge in [-0.25, -0.2) is 8.42 Å². The SMILES string of the molecule is CC[C@H](C)c1ccc(S(=O)(=O)N(C)Cc2c(C)nn(CC)c2C)cc1. The number of sulfonamides is 1. The van der Waals surface area contributed by atoms with Gasteiger partial charge in [-0.2, -0.15) is 9.40 Å². The fourth-order valence-corrected chi connectivity index (χ4v) is 4.10. The van der Waals surface area contributed by atoms with Crippen LogP contribution in [0.1, 0.15) is 55.6 Å². The van der Waals surface area contributed by atoms with E-state index in [0.717, 1.165) is 29.9 Å². The summed E-state index contributed by atoms with van der Waals surface area (Å²) >= 11 is 0. The third-order valence-corrected chi connectivity index (χ3v) is 6.80. The van der Waals surface area contributed by atoms with Crippen LogP contribution in [-0.4, -0.2) is 29.6 Å². The molecule has 138 valence electrons. The molecule has 0 unspecified atom stereocenters. The van der Waals surface area contributed by atoms with Gasteiger partial charge in [0.05, 0.1) is 10.6 Å². The second kappa shape index (κ2) is 7.70. The summed E-state index contributed by atoms with van der Waals surface area (Å²) in [4.78, 5) is 0.334. The number of aromatic nitrogens is 2. The summed E-state index contributed by atoms with van der Waals surface area (Å²) < 4.78 is 29.1. The smallest absolute Gasteiger partial charge is 0.243 e. The normalized spacial score (nSPS) is 13.4. The van der Waals surface area contributed by atoms with Gasteiger partial charge in [-0.15, -0.1) is 0 Å². The lowest BCUT2D eigenvalue weighted by Crippen LogP contribution is -2.27. The van der Waals surface area contributed by atoms with Gasteiger partial charge in [0.1, 0.15) is 0 Å². The molecular formula is C19H29N3O2S. The molecule has 1 heterocycles. The van der Waals surface area contributed by atoms with Crippen molar-refractivity contribution in [2.45, 2.75) is 64.9 Å². The van der Waals surface area contributed by atoms with Crippen LogP contribution in [0.15, 0.2) is 29.2 Å². The molecule has 0 spiro atoms. The molecule has 1 aromatic carbocycles. The van der Waals surface area contributed by atoms with E-state index in [2.05, 4.69) is 18.9 Å². The highest BCUT2D eigenvalue weighted by molar-refractivity contribution is 7.89. The van der Waals surface area contributed by atoms with Crippen LogP contribution in [0, 0.1) is 13.8 Å². The molecule has 0 aliphatic heterocycles. The average Bonchev–Trinajstić information content (AvgIpc) is 2.88. The zero-order valence-corrected chi connectivity index (χ0v) is 16.9. The maximum Gasteiger partial charge on any atom is 0.243 e. The van der Waals surface area contributed by atoms with Crippen molar-refractivity contribution in [2.75, 3.05) is 7.05 Å². The Hall–Kier alpha value is -1.66. The Morgan fingerprint density at radius 3 is 2.24 bits per heavy atom. The zero-order valence-electron chi connectivity index (χ0n) is 16.1. The molecule has 0 aliphatic carbocycles. The molecule has 6 heteroatoms. The Balaban J connectivity index is 2.26. The highest BCUT2D eigenvalue weighted by Gasteiger charge is 2.23. The second-order valence-corrected chi connectivity index (χ2v) is 8.65. The molecule has 0 radical (unpaired) electrons. The van der Waals surface area contributed by atoms with Crippen LogP contribution in [0.5, 0.6) is 0 Å². The topological polar surface area (TPSA) is 55.2 Å². The standard InChI is InChI=1S/C19H29N3O2S/c1-7-14(3)17-9-11-18(12-10-17)25(23,24)21(6)13-19-15(4)20-22(8-2)16(19)5/h9-12,14H,7-8,13H2,1-6H3/t14-/m0/s1. The lowest BCUT2D eigenvalue weighted by Gasteiger charge is -2.18. The summed E-state index contributed by atoms with van der Waals surface area (Å²) in [7, 11) is -1.90. The molecule has 0 aliphatic rings. The van der Waals surface area contributed by atoms with Crippen molar-refractivity contribution in [3.8, 4) is 0 Å². The van der Waals surface area contributed by atoms with E-state index < -0.39 is 10.0 Å². The maximum absolute atomic E-state index is 12.9. The molecule has 2 aromatic rings. The molecule has 0 fully saturated rings. The van der Waals surface area contributed by atoms with Gasteiger partial charge in [-0.05, 0) is 50.8 Å². The van der Waals surface area contributed by atoms with Gasteiger partial charge in [-0.3, -0.25) is 4.68 Å². The van der Waals surface area contributed by atoms with Crippen molar-refractivity contribution in [1.29, 1.82) is 0 Å². The maximum atomic E-state index is 12.9. The van der Waals surface area contributed by atoms with Gasteiger partial charge in [-0.1, -0.05) is 26.0 Å². The minimum absolute atomic E-state index is 0.327. The molecule has 0 bridgehead atoms. The number of nitrogens with zero attached hydrogens (tertiary/aromatic N) is 3. The molecule has 0 saturated carbocycles. The van der Waals surface area contributed by atoms with Crippen molar-refractivity contribution in [2.24, 2.45) is 0 Å². The summed E-state index contributed by atoms with van der Waals surface area (Å²) in [6.07, 6.45) is 1.03. The Labute approximate surface area is 151 Å².